The molecule has 0 saturated heterocycles. The number of aliphatic hydroxyl groups is 1. The highest BCUT2D eigenvalue weighted by Gasteiger charge is 2.17. The summed E-state index contributed by atoms with van der Waals surface area (Å²) >= 11 is 0. The number of fused-ring (bicyclic) bond motifs is 1. The van der Waals surface area contributed by atoms with Gasteiger partial charge in [-0.15, -0.1) is 0 Å². The molecule has 5 nitrogen and oxygen atoms in total. The van der Waals surface area contributed by atoms with Crippen molar-refractivity contribution in [2.75, 3.05) is 13.2 Å². The van der Waals surface area contributed by atoms with Crippen LogP contribution in [0.15, 0.2) is 30.6 Å². The second kappa shape index (κ2) is 6.79. The van der Waals surface area contributed by atoms with Gasteiger partial charge in [0.1, 0.15) is 11.3 Å². The van der Waals surface area contributed by atoms with Crippen LogP contribution in [-0.4, -0.2) is 33.3 Å². The van der Waals surface area contributed by atoms with Gasteiger partial charge in [-0.05, 0) is 44.4 Å². The van der Waals surface area contributed by atoms with Crippen molar-refractivity contribution in [2.24, 2.45) is 0 Å². The third-order valence-electron chi connectivity index (χ3n) is 3.82. The average molecular weight is 311 g/mol. The van der Waals surface area contributed by atoms with Crippen molar-refractivity contribution in [1.29, 1.82) is 0 Å². The van der Waals surface area contributed by atoms with Crippen LogP contribution in [0, 0.1) is 6.92 Å². The Bertz CT molecular complexity index is 811. The lowest BCUT2D eigenvalue weighted by atomic mass is 10.0. The zero-order chi connectivity index (χ0) is 16.2. The first-order valence-corrected chi connectivity index (χ1v) is 7.90. The predicted octanol–water partition coefficient (Wildman–Crippen LogP) is 3.26. The van der Waals surface area contributed by atoms with Gasteiger partial charge >= 0.3 is 0 Å². The van der Waals surface area contributed by atoms with Crippen LogP contribution in [0.25, 0.3) is 22.4 Å². The predicted molar refractivity (Wildman–Crippen MR) is 90.6 cm³/mol. The van der Waals surface area contributed by atoms with Crippen molar-refractivity contribution in [1.82, 2.24) is 15.0 Å². The molecule has 0 radical (unpaired) electrons. The van der Waals surface area contributed by atoms with E-state index in [9.17, 15) is 5.11 Å². The van der Waals surface area contributed by atoms with E-state index in [1.165, 1.54) is 0 Å². The molecule has 2 aromatic heterocycles. The lowest BCUT2D eigenvalue weighted by molar-refractivity contribution is 0.289. The Morgan fingerprint density at radius 3 is 2.83 bits per heavy atom. The quantitative estimate of drug-likeness (QED) is 0.733. The summed E-state index contributed by atoms with van der Waals surface area (Å²) in [5.41, 5.74) is 5.83. The zero-order valence-electron chi connectivity index (χ0n) is 13.5. The molecule has 0 fully saturated rings. The largest absolute Gasteiger partial charge is 0.493 e. The minimum Gasteiger partial charge on any atom is -0.493 e. The first kappa shape index (κ1) is 15.5. The van der Waals surface area contributed by atoms with Crippen molar-refractivity contribution in [3.63, 3.8) is 0 Å². The number of H-pyrrole nitrogens is 1. The van der Waals surface area contributed by atoms with Crippen LogP contribution in [0.3, 0.4) is 0 Å². The zero-order valence-corrected chi connectivity index (χ0v) is 13.5. The molecule has 0 unspecified atom stereocenters. The van der Waals surface area contributed by atoms with Crippen molar-refractivity contribution >= 4 is 11.2 Å². The number of benzene rings is 1. The lowest BCUT2D eigenvalue weighted by Gasteiger charge is -2.12. The Morgan fingerprint density at radius 2 is 2.04 bits per heavy atom. The molecule has 0 aliphatic rings. The topological polar surface area (TPSA) is 71.0 Å². The smallest absolute Gasteiger partial charge is 0.156 e. The van der Waals surface area contributed by atoms with E-state index in [1.54, 1.807) is 12.4 Å². The molecule has 2 heterocycles. The van der Waals surface area contributed by atoms with Crippen molar-refractivity contribution in [3.8, 4) is 17.0 Å². The molecule has 0 aliphatic heterocycles. The highest BCUT2D eigenvalue weighted by Crippen LogP contribution is 2.35. The molecule has 3 rings (SSSR count). The number of ether oxygens (including phenoxy) is 1. The van der Waals surface area contributed by atoms with E-state index < -0.39 is 0 Å². The Balaban J connectivity index is 2.19. The molecule has 3 aromatic rings. The van der Waals surface area contributed by atoms with Gasteiger partial charge in [0.15, 0.2) is 5.65 Å². The third-order valence-corrected chi connectivity index (χ3v) is 3.82. The van der Waals surface area contributed by atoms with Crippen LogP contribution < -0.4 is 4.74 Å². The summed E-state index contributed by atoms with van der Waals surface area (Å²) in [5.74, 6) is 0.851. The molecule has 120 valence electrons. The minimum absolute atomic E-state index is 0.151. The van der Waals surface area contributed by atoms with Crippen LogP contribution in [0.1, 0.15) is 24.5 Å². The number of nitrogens with zero attached hydrogens (tertiary/aromatic N) is 2. The molecule has 0 bridgehead atoms. The van der Waals surface area contributed by atoms with Gasteiger partial charge in [0.2, 0.25) is 0 Å². The third kappa shape index (κ3) is 3.05. The van der Waals surface area contributed by atoms with Crippen LogP contribution in [-0.2, 0) is 6.42 Å². The first-order chi connectivity index (χ1) is 11.2. The van der Waals surface area contributed by atoms with Gasteiger partial charge in [-0.1, -0.05) is 6.07 Å². The van der Waals surface area contributed by atoms with E-state index in [1.807, 2.05) is 19.9 Å². The number of rotatable bonds is 6. The summed E-state index contributed by atoms with van der Waals surface area (Å²) in [6.07, 6.45) is 4.80. The molecule has 1 aromatic carbocycles. The standard InChI is InChI=1S/C18H21N3O2/c1-3-23-15-11-12(2)6-7-13(15)16-14(5-4-10-22)17-18(21-16)20-9-8-19-17/h6-9,11,22H,3-5,10H2,1-2H3,(H,20,21). The molecular weight excluding hydrogens is 290 g/mol. The van der Waals surface area contributed by atoms with Crippen LogP contribution in [0.5, 0.6) is 5.75 Å². The maximum Gasteiger partial charge on any atom is 0.156 e. The minimum atomic E-state index is 0.151. The highest BCUT2D eigenvalue weighted by molar-refractivity contribution is 5.87. The van der Waals surface area contributed by atoms with Crippen LogP contribution >= 0.6 is 0 Å². The Hall–Kier alpha value is -2.40. The molecule has 0 amide bonds. The van der Waals surface area contributed by atoms with E-state index in [4.69, 9.17) is 4.74 Å². The fourth-order valence-electron chi connectivity index (χ4n) is 2.80. The summed E-state index contributed by atoms with van der Waals surface area (Å²) in [5, 5.41) is 9.20. The molecule has 2 N–H and O–H groups in total. The van der Waals surface area contributed by atoms with Crippen molar-refractivity contribution in [2.45, 2.75) is 26.7 Å². The molecule has 0 saturated carbocycles. The fourth-order valence-corrected chi connectivity index (χ4v) is 2.80. The Morgan fingerprint density at radius 1 is 1.22 bits per heavy atom. The molecule has 23 heavy (non-hydrogen) atoms. The number of aromatic nitrogens is 3. The Labute approximate surface area is 135 Å². The molecule has 0 spiro atoms. The average Bonchev–Trinajstić information content (AvgIpc) is 2.92. The summed E-state index contributed by atoms with van der Waals surface area (Å²) in [6.45, 7) is 4.79. The van der Waals surface area contributed by atoms with Crippen molar-refractivity contribution in [3.05, 3.63) is 41.7 Å². The normalized spacial score (nSPS) is 11.1. The maximum atomic E-state index is 9.20. The van der Waals surface area contributed by atoms with Gasteiger partial charge in [-0.25, -0.2) is 4.98 Å². The van der Waals surface area contributed by atoms with Gasteiger partial charge in [0.25, 0.3) is 0 Å². The number of hydrogen-bond acceptors (Lipinski definition) is 4. The lowest BCUT2D eigenvalue weighted by Crippen LogP contribution is -1.97. The van der Waals surface area contributed by atoms with E-state index in [-0.39, 0.29) is 6.61 Å². The second-order valence-corrected chi connectivity index (χ2v) is 5.49. The van der Waals surface area contributed by atoms with Gasteiger partial charge in [-0.3, -0.25) is 4.98 Å². The van der Waals surface area contributed by atoms with Crippen LogP contribution in [0.2, 0.25) is 0 Å². The monoisotopic (exact) mass is 311 g/mol. The van der Waals surface area contributed by atoms with Gasteiger partial charge in [0, 0.05) is 30.1 Å². The summed E-state index contributed by atoms with van der Waals surface area (Å²) in [4.78, 5) is 12.2. The maximum absolute atomic E-state index is 9.20. The summed E-state index contributed by atoms with van der Waals surface area (Å²) in [7, 11) is 0. The number of nitrogens with one attached hydrogen (secondary N) is 1. The number of aliphatic hydroxyl groups excluding tert-OH is 1. The Kier molecular flexibility index (Phi) is 4.57. The van der Waals surface area contributed by atoms with E-state index >= 15 is 0 Å². The molecule has 5 heteroatoms. The molecule has 0 aliphatic carbocycles. The number of aromatic amines is 1. The number of aryl methyl sites for hydroxylation is 2. The first-order valence-electron chi connectivity index (χ1n) is 7.90. The summed E-state index contributed by atoms with van der Waals surface area (Å²) < 4.78 is 5.82. The van der Waals surface area contributed by atoms with Crippen molar-refractivity contribution < 1.29 is 9.84 Å². The van der Waals surface area contributed by atoms with Crippen LogP contribution in [0.4, 0.5) is 0 Å². The fraction of sp³-hybridized carbons (Fsp3) is 0.333. The van der Waals surface area contributed by atoms with Gasteiger partial charge < -0.3 is 14.8 Å². The second-order valence-electron chi connectivity index (χ2n) is 5.49. The van der Waals surface area contributed by atoms with E-state index in [0.717, 1.165) is 45.7 Å². The summed E-state index contributed by atoms with van der Waals surface area (Å²) in [6, 6.07) is 6.18. The molecular formula is C18H21N3O2. The van der Waals surface area contributed by atoms with E-state index in [2.05, 4.69) is 27.1 Å². The molecule has 0 atom stereocenters. The van der Waals surface area contributed by atoms with E-state index in [0.29, 0.717) is 13.0 Å². The highest BCUT2D eigenvalue weighted by atomic mass is 16.5. The number of hydrogen-bond donors (Lipinski definition) is 2. The SMILES string of the molecule is CCOc1cc(C)ccc1-c1[nH]c2nccnc2c1CCCO. The van der Waals surface area contributed by atoms with Gasteiger partial charge in [-0.2, -0.15) is 0 Å². The van der Waals surface area contributed by atoms with Gasteiger partial charge in [0.05, 0.1) is 12.3 Å².